The fourth-order valence-corrected chi connectivity index (χ4v) is 4.43. The Hall–Kier alpha value is -1.72. The number of hydrogen-bond donors (Lipinski definition) is 1. The van der Waals surface area contributed by atoms with E-state index < -0.39 is 6.10 Å². The Labute approximate surface area is 149 Å². The van der Waals surface area contributed by atoms with Crippen molar-refractivity contribution in [2.24, 2.45) is 13.0 Å². The predicted octanol–water partition coefficient (Wildman–Crippen LogP) is 2.64. The van der Waals surface area contributed by atoms with Crippen molar-refractivity contribution in [3.63, 3.8) is 0 Å². The summed E-state index contributed by atoms with van der Waals surface area (Å²) < 4.78 is 1.79. The molecule has 1 atom stereocenters. The number of hydrogen-bond acceptors (Lipinski definition) is 4. The van der Waals surface area contributed by atoms with Gasteiger partial charge in [0.05, 0.1) is 17.5 Å². The second-order valence-corrected chi connectivity index (χ2v) is 7.54. The normalized spacial score (nSPS) is 20.4. The number of fused-ring (bicyclic) bond motifs is 1. The molecule has 2 aliphatic rings. The van der Waals surface area contributed by atoms with Crippen LogP contribution in [0.4, 0.5) is 0 Å². The molecular weight excluding hydrogens is 312 g/mol. The molecule has 0 aromatic carbocycles. The number of aryl methyl sites for hydroxylation is 2. The van der Waals surface area contributed by atoms with Gasteiger partial charge in [-0.3, -0.25) is 14.6 Å². The minimum atomic E-state index is -0.405. The predicted molar refractivity (Wildman–Crippen MR) is 97.0 cm³/mol. The third-order valence-electron chi connectivity index (χ3n) is 5.98. The zero-order chi connectivity index (χ0) is 17.2. The van der Waals surface area contributed by atoms with Crippen molar-refractivity contribution < 1.29 is 5.11 Å². The smallest absolute Gasteiger partial charge is 0.0985 e. The lowest BCUT2D eigenvalue weighted by atomic mass is 9.88. The molecule has 1 N–H and O–H groups in total. The molecule has 1 aliphatic carbocycles. The number of nitrogens with zero attached hydrogens (tertiary/aromatic N) is 4. The van der Waals surface area contributed by atoms with Crippen molar-refractivity contribution in [2.75, 3.05) is 13.1 Å². The number of likely N-dealkylation sites (tertiary alicyclic amines) is 1. The van der Waals surface area contributed by atoms with Gasteiger partial charge in [-0.05, 0) is 80.8 Å². The Kier molecular flexibility index (Phi) is 4.86. The summed E-state index contributed by atoms with van der Waals surface area (Å²) in [5.74, 6) is 0.323. The highest BCUT2D eigenvalue weighted by Crippen LogP contribution is 2.31. The lowest BCUT2D eigenvalue weighted by Gasteiger charge is -2.34. The van der Waals surface area contributed by atoms with Crippen LogP contribution in [0.2, 0.25) is 0 Å². The molecular formula is C20H28N4O. The molecule has 0 bridgehead atoms. The van der Waals surface area contributed by atoms with E-state index in [0.29, 0.717) is 5.92 Å². The summed E-state index contributed by atoms with van der Waals surface area (Å²) in [6.45, 7) is 3.02. The molecule has 3 heterocycles. The number of pyridine rings is 1. The minimum Gasteiger partial charge on any atom is -0.387 e. The van der Waals surface area contributed by atoms with Gasteiger partial charge in [0.2, 0.25) is 0 Å². The molecule has 0 saturated carbocycles. The molecule has 5 nitrogen and oxygen atoms in total. The van der Waals surface area contributed by atoms with Gasteiger partial charge in [-0.25, -0.2) is 0 Å². The van der Waals surface area contributed by atoms with Crippen LogP contribution in [-0.4, -0.2) is 37.9 Å². The summed E-state index contributed by atoms with van der Waals surface area (Å²) in [6, 6.07) is 4.13. The highest BCUT2D eigenvalue weighted by Gasteiger charge is 2.28. The van der Waals surface area contributed by atoms with Crippen LogP contribution in [0.1, 0.15) is 54.3 Å². The van der Waals surface area contributed by atoms with Gasteiger partial charge in [-0.15, -0.1) is 0 Å². The second-order valence-electron chi connectivity index (χ2n) is 7.54. The Bertz CT molecular complexity index is 718. The molecule has 25 heavy (non-hydrogen) atoms. The maximum atomic E-state index is 10.7. The summed E-state index contributed by atoms with van der Waals surface area (Å²) in [5, 5.41) is 14.8. The van der Waals surface area contributed by atoms with Crippen LogP contribution in [0.15, 0.2) is 24.5 Å². The SMILES string of the molecule is Cn1nccc1C(O)C1CCN(Cc2nccc3c2CCCC3)CC1. The van der Waals surface area contributed by atoms with Crippen molar-refractivity contribution in [2.45, 2.75) is 51.2 Å². The van der Waals surface area contributed by atoms with Crippen molar-refractivity contribution in [3.05, 3.63) is 47.0 Å². The maximum absolute atomic E-state index is 10.7. The fourth-order valence-electron chi connectivity index (χ4n) is 4.43. The molecule has 0 radical (unpaired) electrons. The molecule has 134 valence electrons. The summed E-state index contributed by atoms with van der Waals surface area (Å²) >= 11 is 0. The Morgan fingerprint density at radius 1 is 1.16 bits per heavy atom. The molecule has 1 saturated heterocycles. The number of rotatable bonds is 4. The highest BCUT2D eigenvalue weighted by molar-refractivity contribution is 5.32. The quantitative estimate of drug-likeness (QED) is 0.930. The van der Waals surface area contributed by atoms with Crippen LogP contribution in [0.25, 0.3) is 0 Å². The van der Waals surface area contributed by atoms with E-state index in [1.165, 1.54) is 42.5 Å². The summed E-state index contributed by atoms with van der Waals surface area (Å²) in [4.78, 5) is 7.19. The first-order chi connectivity index (χ1) is 12.2. The van der Waals surface area contributed by atoms with Crippen LogP contribution in [0.3, 0.4) is 0 Å². The van der Waals surface area contributed by atoms with E-state index in [1.54, 1.807) is 10.9 Å². The standard InChI is InChI=1S/C20H28N4O/c1-23-19(7-11-22-23)20(25)16-8-12-24(13-9-16)14-18-17-5-3-2-4-15(17)6-10-21-18/h6-7,10-11,16,20,25H,2-5,8-9,12-14H2,1H3. The Morgan fingerprint density at radius 3 is 2.72 bits per heavy atom. The van der Waals surface area contributed by atoms with Crippen LogP contribution >= 0.6 is 0 Å². The van der Waals surface area contributed by atoms with Gasteiger partial charge in [0.25, 0.3) is 0 Å². The van der Waals surface area contributed by atoms with Crippen LogP contribution in [0, 0.1) is 5.92 Å². The third kappa shape index (κ3) is 3.48. The molecule has 1 fully saturated rings. The number of aliphatic hydroxyl groups excluding tert-OH is 1. The monoisotopic (exact) mass is 340 g/mol. The third-order valence-corrected chi connectivity index (χ3v) is 5.98. The van der Waals surface area contributed by atoms with Gasteiger partial charge in [-0.1, -0.05) is 0 Å². The lowest BCUT2D eigenvalue weighted by Crippen LogP contribution is -2.36. The largest absolute Gasteiger partial charge is 0.387 e. The molecule has 1 aliphatic heterocycles. The summed E-state index contributed by atoms with van der Waals surface area (Å²) in [6.07, 6.45) is 10.4. The number of aliphatic hydroxyl groups is 1. The fraction of sp³-hybridized carbons (Fsp3) is 0.600. The molecule has 0 spiro atoms. The van der Waals surface area contributed by atoms with E-state index in [-0.39, 0.29) is 0 Å². The maximum Gasteiger partial charge on any atom is 0.0985 e. The zero-order valence-corrected chi connectivity index (χ0v) is 15.1. The van der Waals surface area contributed by atoms with E-state index >= 15 is 0 Å². The lowest BCUT2D eigenvalue weighted by molar-refractivity contribution is 0.0511. The first kappa shape index (κ1) is 16.7. The van der Waals surface area contributed by atoms with Gasteiger partial charge in [0.1, 0.15) is 0 Å². The molecule has 2 aromatic rings. The molecule has 2 aromatic heterocycles. The van der Waals surface area contributed by atoms with Gasteiger partial charge >= 0.3 is 0 Å². The van der Waals surface area contributed by atoms with E-state index in [1.807, 2.05) is 19.3 Å². The summed E-state index contributed by atoms with van der Waals surface area (Å²) in [7, 11) is 1.90. The van der Waals surface area contributed by atoms with Crippen LogP contribution in [0.5, 0.6) is 0 Å². The topological polar surface area (TPSA) is 54.2 Å². The van der Waals surface area contributed by atoms with Gasteiger partial charge in [-0.2, -0.15) is 5.10 Å². The highest BCUT2D eigenvalue weighted by atomic mass is 16.3. The Morgan fingerprint density at radius 2 is 1.96 bits per heavy atom. The molecule has 4 rings (SSSR count). The zero-order valence-electron chi connectivity index (χ0n) is 15.1. The van der Waals surface area contributed by atoms with Crippen LogP contribution < -0.4 is 0 Å². The number of piperidine rings is 1. The first-order valence-corrected chi connectivity index (χ1v) is 9.56. The molecule has 1 unspecified atom stereocenters. The van der Waals surface area contributed by atoms with Crippen molar-refractivity contribution >= 4 is 0 Å². The van der Waals surface area contributed by atoms with E-state index in [0.717, 1.165) is 38.2 Å². The minimum absolute atomic E-state index is 0.323. The number of aromatic nitrogens is 3. The molecule has 5 heteroatoms. The van der Waals surface area contributed by atoms with Gasteiger partial charge < -0.3 is 5.11 Å². The second kappa shape index (κ2) is 7.26. The average Bonchev–Trinajstić information content (AvgIpc) is 3.08. The first-order valence-electron chi connectivity index (χ1n) is 9.56. The van der Waals surface area contributed by atoms with E-state index in [2.05, 4.69) is 21.0 Å². The molecule has 0 amide bonds. The van der Waals surface area contributed by atoms with Crippen molar-refractivity contribution in [1.82, 2.24) is 19.7 Å². The van der Waals surface area contributed by atoms with E-state index in [4.69, 9.17) is 0 Å². The summed E-state index contributed by atoms with van der Waals surface area (Å²) in [5.41, 5.74) is 5.23. The van der Waals surface area contributed by atoms with Gasteiger partial charge in [0.15, 0.2) is 0 Å². The van der Waals surface area contributed by atoms with Crippen LogP contribution in [-0.2, 0) is 26.4 Å². The van der Waals surface area contributed by atoms with Crippen molar-refractivity contribution in [3.8, 4) is 0 Å². The van der Waals surface area contributed by atoms with E-state index in [9.17, 15) is 5.11 Å². The van der Waals surface area contributed by atoms with Gasteiger partial charge in [0, 0.05) is 26.0 Å². The Balaban J connectivity index is 1.37. The van der Waals surface area contributed by atoms with Crippen molar-refractivity contribution in [1.29, 1.82) is 0 Å². The average molecular weight is 340 g/mol.